The molecular formula is C24H28N2O4. The van der Waals surface area contributed by atoms with Crippen LogP contribution in [-0.4, -0.2) is 57.8 Å². The normalized spacial score (nSPS) is 13.9. The summed E-state index contributed by atoms with van der Waals surface area (Å²) in [4.78, 5) is 16.7. The maximum absolute atomic E-state index is 12.6. The maximum atomic E-state index is 12.6. The van der Waals surface area contributed by atoms with Gasteiger partial charge in [-0.05, 0) is 35.9 Å². The first kappa shape index (κ1) is 21.3. The molecule has 1 aliphatic rings. The van der Waals surface area contributed by atoms with Crippen molar-refractivity contribution in [3.63, 3.8) is 0 Å². The van der Waals surface area contributed by atoms with Crippen LogP contribution < -0.4 is 19.1 Å². The van der Waals surface area contributed by atoms with Crippen LogP contribution in [-0.2, 0) is 4.79 Å². The van der Waals surface area contributed by atoms with E-state index < -0.39 is 0 Å². The number of ether oxygens (including phenoxy) is 3. The molecule has 6 nitrogen and oxygen atoms in total. The van der Waals surface area contributed by atoms with Crippen LogP contribution in [0.4, 0.5) is 5.69 Å². The molecule has 3 rings (SSSR count). The maximum Gasteiger partial charge on any atom is 0.246 e. The number of hydrogen-bond acceptors (Lipinski definition) is 5. The van der Waals surface area contributed by atoms with Crippen molar-refractivity contribution in [1.29, 1.82) is 0 Å². The molecule has 1 heterocycles. The van der Waals surface area contributed by atoms with E-state index in [2.05, 4.69) is 17.5 Å². The summed E-state index contributed by atoms with van der Waals surface area (Å²) in [7, 11) is 3.26. The molecule has 158 valence electrons. The molecule has 0 unspecified atom stereocenters. The molecular weight excluding hydrogens is 380 g/mol. The molecule has 1 fully saturated rings. The molecule has 0 atom stereocenters. The summed E-state index contributed by atoms with van der Waals surface area (Å²) >= 11 is 0. The summed E-state index contributed by atoms with van der Waals surface area (Å²) in [6, 6.07) is 13.6. The Kier molecular flexibility index (Phi) is 7.38. The molecule has 0 aliphatic carbocycles. The van der Waals surface area contributed by atoms with Crippen molar-refractivity contribution >= 4 is 17.7 Å². The molecule has 1 saturated heterocycles. The van der Waals surface area contributed by atoms with Crippen molar-refractivity contribution in [2.24, 2.45) is 0 Å². The highest BCUT2D eigenvalue weighted by molar-refractivity contribution is 5.92. The second-order valence-corrected chi connectivity index (χ2v) is 6.86. The Morgan fingerprint density at radius 2 is 1.83 bits per heavy atom. The minimum atomic E-state index is 0.00578. The molecule has 0 spiro atoms. The summed E-state index contributed by atoms with van der Waals surface area (Å²) in [5, 5.41) is 0. The van der Waals surface area contributed by atoms with Crippen molar-refractivity contribution in [2.75, 3.05) is 51.9 Å². The minimum Gasteiger partial charge on any atom is -0.497 e. The number of carbonyl (C=O) groups excluding carboxylic acids is 1. The number of anilines is 1. The van der Waals surface area contributed by atoms with E-state index in [1.807, 2.05) is 41.3 Å². The highest BCUT2D eigenvalue weighted by atomic mass is 16.5. The molecule has 0 radical (unpaired) electrons. The third-order valence-corrected chi connectivity index (χ3v) is 4.97. The average molecular weight is 408 g/mol. The average Bonchev–Trinajstić information content (AvgIpc) is 2.81. The fourth-order valence-electron chi connectivity index (χ4n) is 3.32. The number of methoxy groups -OCH3 is 2. The smallest absolute Gasteiger partial charge is 0.246 e. The van der Waals surface area contributed by atoms with Crippen molar-refractivity contribution in [3.05, 3.63) is 66.8 Å². The van der Waals surface area contributed by atoms with Gasteiger partial charge in [-0.25, -0.2) is 0 Å². The Morgan fingerprint density at radius 3 is 2.53 bits per heavy atom. The number of carbonyl (C=O) groups is 1. The number of hydrogen-bond donors (Lipinski definition) is 0. The molecule has 0 saturated carbocycles. The monoisotopic (exact) mass is 408 g/mol. The van der Waals surface area contributed by atoms with Gasteiger partial charge < -0.3 is 24.0 Å². The molecule has 30 heavy (non-hydrogen) atoms. The van der Waals surface area contributed by atoms with Crippen LogP contribution >= 0.6 is 0 Å². The Balaban J connectivity index is 1.57. The van der Waals surface area contributed by atoms with Gasteiger partial charge in [-0.2, -0.15) is 0 Å². The molecule has 0 N–H and O–H groups in total. The topological polar surface area (TPSA) is 51.2 Å². The summed E-state index contributed by atoms with van der Waals surface area (Å²) in [5.74, 6) is 2.12. The number of benzene rings is 2. The highest BCUT2D eigenvalue weighted by Crippen LogP contribution is 2.28. The van der Waals surface area contributed by atoms with Crippen LogP contribution in [0.15, 0.2) is 61.2 Å². The van der Waals surface area contributed by atoms with Crippen LogP contribution in [0, 0.1) is 0 Å². The summed E-state index contributed by atoms with van der Waals surface area (Å²) in [5.41, 5.74) is 1.99. The first-order valence-corrected chi connectivity index (χ1v) is 9.92. The Labute approximate surface area is 178 Å². The lowest BCUT2D eigenvalue weighted by atomic mass is 10.1. The van der Waals surface area contributed by atoms with Gasteiger partial charge in [0.05, 0.1) is 14.2 Å². The van der Waals surface area contributed by atoms with E-state index >= 15 is 0 Å². The standard InChI is InChI=1S/C24H28N2O4/c1-4-16-30-22-10-8-19(17-23(22)29-3)9-11-24(27)26-14-12-25(13-15-26)20-6-5-7-21(18-20)28-2/h4-11,17-18H,1,12-16H2,2-3H3/b11-9+. The predicted molar refractivity (Wildman–Crippen MR) is 120 cm³/mol. The van der Waals surface area contributed by atoms with E-state index in [-0.39, 0.29) is 5.91 Å². The van der Waals surface area contributed by atoms with E-state index in [0.29, 0.717) is 31.2 Å². The van der Waals surface area contributed by atoms with Crippen LogP contribution in [0.2, 0.25) is 0 Å². The van der Waals surface area contributed by atoms with Gasteiger partial charge in [0.2, 0.25) is 5.91 Å². The van der Waals surface area contributed by atoms with E-state index in [1.54, 1.807) is 32.4 Å². The van der Waals surface area contributed by atoms with Gasteiger partial charge in [0.1, 0.15) is 12.4 Å². The zero-order chi connectivity index (χ0) is 21.3. The van der Waals surface area contributed by atoms with Gasteiger partial charge in [0.25, 0.3) is 0 Å². The van der Waals surface area contributed by atoms with Gasteiger partial charge in [0.15, 0.2) is 11.5 Å². The van der Waals surface area contributed by atoms with Crippen LogP contribution in [0.5, 0.6) is 17.2 Å². The molecule has 2 aromatic rings. The zero-order valence-corrected chi connectivity index (χ0v) is 17.5. The van der Waals surface area contributed by atoms with E-state index in [4.69, 9.17) is 14.2 Å². The molecule has 6 heteroatoms. The molecule has 1 aliphatic heterocycles. The summed E-state index contributed by atoms with van der Waals surface area (Å²) in [6.07, 6.45) is 5.09. The quantitative estimate of drug-likeness (QED) is 0.493. The summed E-state index contributed by atoms with van der Waals surface area (Å²) < 4.78 is 16.2. The largest absolute Gasteiger partial charge is 0.497 e. The first-order chi connectivity index (χ1) is 14.6. The van der Waals surface area contributed by atoms with Crippen LogP contribution in [0.25, 0.3) is 6.08 Å². The fraction of sp³-hybridized carbons (Fsp3) is 0.292. The van der Waals surface area contributed by atoms with Crippen molar-refractivity contribution in [1.82, 2.24) is 4.90 Å². The van der Waals surface area contributed by atoms with Crippen LogP contribution in [0.3, 0.4) is 0 Å². The van der Waals surface area contributed by atoms with Gasteiger partial charge >= 0.3 is 0 Å². The van der Waals surface area contributed by atoms with Gasteiger partial charge in [-0.3, -0.25) is 4.79 Å². The van der Waals surface area contributed by atoms with Crippen molar-refractivity contribution < 1.29 is 19.0 Å². The fourth-order valence-corrected chi connectivity index (χ4v) is 3.32. The van der Waals surface area contributed by atoms with Gasteiger partial charge in [-0.15, -0.1) is 0 Å². The van der Waals surface area contributed by atoms with E-state index in [9.17, 15) is 4.79 Å². The van der Waals surface area contributed by atoms with Gasteiger partial charge in [-0.1, -0.05) is 24.8 Å². The third-order valence-electron chi connectivity index (χ3n) is 4.97. The highest BCUT2D eigenvalue weighted by Gasteiger charge is 2.20. The first-order valence-electron chi connectivity index (χ1n) is 9.92. The van der Waals surface area contributed by atoms with E-state index in [1.165, 1.54) is 0 Å². The second kappa shape index (κ2) is 10.4. The Morgan fingerprint density at radius 1 is 1.03 bits per heavy atom. The second-order valence-electron chi connectivity index (χ2n) is 6.86. The number of piperazine rings is 1. The lowest BCUT2D eigenvalue weighted by Gasteiger charge is -2.35. The van der Waals surface area contributed by atoms with Crippen LogP contribution in [0.1, 0.15) is 5.56 Å². The number of rotatable bonds is 8. The van der Waals surface area contributed by atoms with Crippen molar-refractivity contribution in [3.8, 4) is 17.2 Å². The minimum absolute atomic E-state index is 0.00578. The Hall–Kier alpha value is -3.41. The zero-order valence-electron chi connectivity index (χ0n) is 17.5. The lowest BCUT2D eigenvalue weighted by molar-refractivity contribution is -0.126. The molecule has 1 amide bonds. The Bertz CT molecular complexity index is 902. The number of amides is 1. The van der Waals surface area contributed by atoms with Gasteiger partial charge in [0, 0.05) is 44.0 Å². The number of nitrogens with zero attached hydrogens (tertiary/aromatic N) is 2. The summed E-state index contributed by atoms with van der Waals surface area (Å²) in [6.45, 7) is 6.98. The predicted octanol–water partition coefficient (Wildman–Crippen LogP) is 3.63. The van der Waals surface area contributed by atoms with Crippen molar-refractivity contribution in [2.45, 2.75) is 0 Å². The molecule has 2 aromatic carbocycles. The third kappa shape index (κ3) is 5.35. The molecule has 0 aromatic heterocycles. The van der Waals surface area contributed by atoms with E-state index in [0.717, 1.165) is 30.1 Å². The lowest BCUT2D eigenvalue weighted by Crippen LogP contribution is -2.48. The SMILES string of the molecule is C=CCOc1ccc(/C=C/C(=O)N2CCN(c3cccc(OC)c3)CC2)cc1OC. The molecule has 0 bridgehead atoms.